The van der Waals surface area contributed by atoms with Gasteiger partial charge in [-0.3, -0.25) is 9.69 Å². The Kier molecular flexibility index (Phi) is 7.50. The molecule has 0 bridgehead atoms. The van der Waals surface area contributed by atoms with E-state index in [2.05, 4.69) is 4.99 Å². The lowest BCUT2D eigenvalue weighted by Crippen LogP contribution is -2.44. The van der Waals surface area contributed by atoms with Gasteiger partial charge < -0.3 is 14.0 Å². The number of carbonyl (C=O) groups excluding carboxylic acids is 3. The summed E-state index contributed by atoms with van der Waals surface area (Å²) in [7, 11) is 0. The molecule has 0 spiro atoms. The maximum absolute atomic E-state index is 12.5. The molecule has 3 rings (SSSR count). The van der Waals surface area contributed by atoms with Crippen LogP contribution < -0.4 is 4.80 Å². The molecule has 8 nitrogen and oxygen atoms in total. The Bertz CT molecular complexity index is 1030. The molecule has 2 aromatic rings. The van der Waals surface area contributed by atoms with Crippen molar-refractivity contribution >= 4 is 29.3 Å². The molecule has 0 saturated carbocycles. The molecule has 0 N–H and O–H groups in total. The van der Waals surface area contributed by atoms with Gasteiger partial charge in [0.15, 0.2) is 11.4 Å². The Morgan fingerprint density at radius 1 is 1.19 bits per heavy atom. The normalized spacial score (nSPS) is 16.8. The molecule has 9 heteroatoms. The van der Waals surface area contributed by atoms with Crippen molar-refractivity contribution < 1.29 is 23.9 Å². The van der Waals surface area contributed by atoms with Gasteiger partial charge in [0.2, 0.25) is 0 Å². The molecule has 172 valence electrons. The summed E-state index contributed by atoms with van der Waals surface area (Å²) >= 11 is 1.33. The zero-order chi connectivity index (χ0) is 23.3. The lowest BCUT2D eigenvalue weighted by atomic mass is 10.1. The number of aromatic nitrogens is 1. The number of hydrogen-bond acceptors (Lipinski definition) is 6. The zero-order valence-electron chi connectivity index (χ0n) is 18.9. The van der Waals surface area contributed by atoms with Crippen molar-refractivity contribution in [1.29, 1.82) is 0 Å². The largest absolute Gasteiger partial charge is 0.454 e. The van der Waals surface area contributed by atoms with Gasteiger partial charge in [0.05, 0.1) is 0 Å². The van der Waals surface area contributed by atoms with E-state index >= 15 is 0 Å². The Balaban J connectivity index is 1.58. The molecule has 2 amide bonds. The second kappa shape index (κ2) is 10.1. The van der Waals surface area contributed by atoms with Crippen molar-refractivity contribution in [3.8, 4) is 0 Å². The van der Waals surface area contributed by atoms with E-state index in [9.17, 15) is 14.4 Å². The van der Waals surface area contributed by atoms with E-state index in [1.807, 2.05) is 47.3 Å². The summed E-state index contributed by atoms with van der Waals surface area (Å²) < 4.78 is 12.4. The van der Waals surface area contributed by atoms with E-state index in [4.69, 9.17) is 9.47 Å². The number of nitrogens with zero attached hydrogens (tertiary/aromatic N) is 3. The average molecular weight is 460 g/mol. The van der Waals surface area contributed by atoms with Gasteiger partial charge in [0.25, 0.3) is 5.91 Å². The van der Waals surface area contributed by atoms with Crippen molar-refractivity contribution in [2.75, 3.05) is 13.2 Å². The molecular formula is C23H29N3O5S. The Hall–Kier alpha value is -2.94. The predicted molar refractivity (Wildman–Crippen MR) is 120 cm³/mol. The van der Waals surface area contributed by atoms with Crippen LogP contribution in [0.1, 0.15) is 44.7 Å². The van der Waals surface area contributed by atoms with Gasteiger partial charge in [-0.1, -0.05) is 29.8 Å². The van der Waals surface area contributed by atoms with Crippen LogP contribution in [-0.2, 0) is 25.6 Å². The number of amides is 2. The minimum Gasteiger partial charge on any atom is -0.454 e. The maximum Gasteiger partial charge on any atom is 0.411 e. The van der Waals surface area contributed by atoms with Gasteiger partial charge in [-0.15, -0.1) is 11.3 Å². The second-order valence-electron chi connectivity index (χ2n) is 8.74. The summed E-state index contributed by atoms with van der Waals surface area (Å²) in [6.45, 7) is 7.86. The van der Waals surface area contributed by atoms with Crippen LogP contribution in [-0.4, -0.2) is 52.2 Å². The molecule has 1 atom stereocenters. The van der Waals surface area contributed by atoms with Gasteiger partial charge >= 0.3 is 12.1 Å². The second-order valence-corrected chi connectivity index (χ2v) is 9.62. The number of rotatable bonds is 5. The summed E-state index contributed by atoms with van der Waals surface area (Å²) in [6.07, 6.45) is 2.46. The van der Waals surface area contributed by atoms with E-state index in [1.54, 1.807) is 20.8 Å². The van der Waals surface area contributed by atoms with Crippen LogP contribution >= 0.6 is 11.3 Å². The van der Waals surface area contributed by atoms with Crippen LogP contribution in [0.15, 0.2) is 40.8 Å². The molecule has 1 saturated heterocycles. The minimum absolute atomic E-state index is 0.418. The highest BCUT2D eigenvalue weighted by atomic mass is 32.1. The topological polar surface area (TPSA) is 90.2 Å². The molecule has 0 aliphatic carbocycles. The first-order chi connectivity index (χ1) is 15.1. The van der Waals surface area contributed by atoms with E-state index in [0.717, 1.165) is 5.56 Å². The fraction of sp³-hybridized carbons (Fsp3) is 0.478. The lowest BCUT2D eigenvalue weighted by Gasteiger charge is -2.27. The molecule has 1 aliphatic heterocycles. The summed E-state index contributed by atoms with van der Waals surface area (Å²) in [5.74, 6) is -1.17. The van der Waals surface area contributed by atoms with Gasteiger partial charge in [-0.2, -0.15) is 4.99 Å². The van der Waals surface area contributed by atoms with Gasteiger partial charge in [-0.25, -0.2) is 9.59 Å². The van der Waals surface area contributed by atoms with Crippen molar-refractivity contribution in [1.82, 2.24) is 9.47 Å². The van der Waals surface area contributed by atoms with Crippen LogP contribution in [0, 0.1) is 6.92 Å². The molecule has 1 aromatic carbocycles. The van der Waals surface area contributed by atoms with Gasteiger partial charge in [-0.05, 0) is 46.1 Å². The molecule has 32 heavy (non-hydrogen) atoms. The molecule has 1 fully saturated rings. The van der Waals surface area contributed by atoms with E-state index < -0.39 is 36.2 Å². The minimum atomic E-state index is -0.745. The molecule has 2 heterocycles. The third-order valence-corrected chi connectivity index (χ3v) is 5.64. The molecule has 0 radical (unpaired) electrons. The van der Waals surface area contributed by atoms with Gasteiger partial charge in [0.1, 0.15) is 11.6 Å². The fourth-order valence-electron chi connectivity index (χ4n) is 3.32. The Morgan fingerprint density at radius 2 is 1.91 bits per heavy atom. The predicted octanol–water partition coefficient (Wildman–Crippen LogP) is 3.28. The third-order valence-electron chi connectivity index (χ3n) is 4.84. The number of benzene rings is 1. The lowest BCUT2D eigenvalue weighted by molar-refractivity contribution is -0.152. The highest BCUT2D eigenvalue weighted by molar-refractivity contribution is 7.07. The summed E-state index contributed by atoms with van der Waals surface area (Å²) in [4.78, 5) is 43.2. The van der Waals surface area contributed by atoms with Crippen LogP contribution in [0.4, 0.5) is 4.79 Å². The number of esters is 1. The SMILES string of the molecule is Cc1ccc(Cn2ccsc2=NC(=O)COC(=O)[C@@H]2CCCN2C(=O)OC(C)(C)C)cc1. The molecular weight excluding hydrogens is 430 g/mol. The summed E-state index contributed by atoms with van der Waals surface area (Å²) in [5, 5.41) is 1.85. The van der Waals surface area contributed by atoms with Crippen molar-refractivity contribution in [3.63, 3.8) is 0 Å². The Labute approximate surface area is 191 Å². The number of carbonyl (C=O) groups is 3. The Morgan fingerprint density at radius 3 is 2.59 bits per heavy atom. The number of thiazole rings is 1. The molecule has 0 unspecified atom stereocenters. The van der Waals surface area contributed by atoms with E-state index in [0.29, 0.717) is 30.7 Å². The molecule has 1 aromatic heterocycles. The average Bonchev–Trinajstić information content (AvgIpc) is 3.36. The van der Waals surface area contributed by atoms with Gasteiger partial charge in [0, 0.05) is 24.7 Å². The smallest absolute Gasteiger partial charge is 0.411 e. The van der Waals surface area contributed by atoms with Crippen molar-refractivity contribution in [3.05, 3.63) is 51.8 Å². The van der Waals surface area contributed by atoms with Crippen molar-refractivity contribution in [2.45, 2.75) is 58.7 Å². The van der Waals surface area contributed by atoms with E-state index in [-0.39, 0.29) is 0 Å². The van der Waals surface area contributed by atoms with Crippen LogP contribution in [0.2, 0.25) is 0 Å². The monoisotopic (exact) mass is 459 g/mol. The first-order valence-electron chi connectivity index (χ1n) is 10.6. The first-order valence-corrected chi connectivity index (χ1v) is 11.4. The number of hydrogen-bond donors (Lipinski definition) is 0. The van der Waals surface area contributed by atoms with E-state index in [1.165, 1.54) is 21.8 Å². The van der Waals surface area contributed by atoms with Crippen LogP contribution in [0.25, 0.3) is 0 Å². The number of likely N-dealkylation sites (tertiary alicyclic amines) is 1. The summed E-state index contributed by atoms with van der Waals surface area (Å²) in [6, 6.07) is 7.39. The molecule has 1 aliphatic rings. The highest BCUT2D eigenvalue weighted by Gasteiger charge is 2.37. The third kappa shape index (κ3) is 6.53. The highest BCUT2D eigenvalue weighted by Crippen LogP contribution is 2.21. The zero-order valence-corrected chi connectivity index (χ0v) is 19.7. The quantitative estimate of drug-likeness (QED) is 0.640. The number of ether oxygens (including phenoxy) is 2. The van der Waals surface area contributed by atoms with Crippen molar-refractivity contribution in [2.24, 2.45) is 4.99 Å². The first kappa shape index (κ1) is 23.7. The van der Waals surface area contributed by atoms with Crippen LogP contribution in [0.5, 0.6) is 0 Å². The van der Waals surface area contributed by atoms with Crippen LogP contribution in [0.3, 0.4) is 0 Å². The standard InChI is InChI=1S/C23H29N3O5S/c1-16-7-9-17(10-8-16)14-25-12-13-32-21(25)24-19(27)15-30-20(28)18-6-5-11-26(18)22(29)31-23(2,3)4/h7-10,12-13,18H,5-6,11,14-15H2,1-4H3/t18-/m0/s1. The summed E-state index contributed by atoms with van der Waals surface area (Å²) in [5.41, 5.74) is 1.62. The fourth-order valence-corrected chi connectivity index (χ4v) is 4.06. The number of aryl methyl sites for hydroxylation is 1. The maximum atomic E-state index is 12.5.